The summed E-state index contributed by atoms with van der Waals surface area (Å²) in [5, 5.41) is 10.5. The van der Waals surface area contributed by atoms with Crippen LogP contribution in [0, 0.1) is 10.1 Å². The van der Waals surface area contributed by atoms with Crippen LogP contribution in [0.15, 0.2) is 40.8 Å². The topological polar surface area (TPSA) is 89.3 Å². The number of nitro benzene ring substituents is 1. The summed E-state index contributed by atoms with van der Waals surface area (Å²) in [5.74, 6) is 0. The molecule has 0 saturated carbocycles. The zero-order valence-corrected chi connectivity index (χ0v) is 12.4. The largest absolute Gasteiger partial charge is 0.269 e. The van der Waals surface area contributed by atoms with Gasteiger partial charge in [0.15, 0.2) is 0 Å². The van der Waals surface area contributed by atoms with Gasteiger partial charge in [-0.3, -0.25) is 10.1 Å². The highest BCUT2D eigenvalue weighted by Gasteiger charge is 2.15. The third kappa shape index (κ3) is 4.37. The Morgan fingerprint density at radius 3 is 2.48 bits per heavy atom. The van der Waals surface area contributed by atoms with E-state index in [1.165, 1.54) is 42.7 Å². The van der Waals surface area contributed by atoms with Gasteiger partial charge in [0, 0.05) is 18.7 Å². The summed E-state index contributed by atoms with van der Waals surface area (Å²) >= 11 is 0. The summed E-state index contributed by atoms with van der Waals surface area (Å²) in [5.41, 5.74) is 1.17. The van der Waals surface area contributed by atoms with E-state index in [1.54, 1.807) is 0 Å². The molecular weight excluding hydrogens is 292 g/mol. The molecule has 0 amide bonds. The number of allylic oxidation sites excluding steroid dienone is 1. The van der Waals surface area contributed by atoms with Crippen molar-refractivity contribution >= 4 is 15.7 Å². The van der Waals surface area contributed by atoms with E-state index in [0.29, 0.717) is 13.0 Å². The van der Waals surface area contributed by atoms with Gasteiger partial charge in [0.25, 0.3) is 5.69 Å². The predicted molar refractivity (Wildman–Crippen MR) is 79.5 cm³/mol. The maximum absolute atomic E-state index is 12.1. The number of hydrogen-bond donors (Lipinski definition) is 1. The normalized spacial score (nSPS) is 15.5. The third-order valence-corrected chi connectivity index (χ3v) is 4.96. The van der Waals surface area contributed by atoms with Crippen molar-refractivity contribution in [3.63, 3.8) is 0 Å². The first-order valence-electron chi connectivity index (χ1n) is 6.91. The minimum absolute atomic E-state index is 0.0470. The lowest BCUT2D eigenvalue weighted by Gasteiger charge is -2.13. The van der Waals surface area contributed by atoms with Crippen LogP contribution in [-0.4, -0.2) is 19.9 Å². The van der Waals surface area contributed by atoms with E-state index in [9.17, 15) is 18.5 Å². The predicted octanol–water partition coefficient (Wildman–Crippen LogP) is 2.76. The number of nitrogens with one attached hydrogen (secondary N) is 1. The standard InChI is InChI=1S/C14H18N2O4S/c17-16(18)13-6-8-14(9-7-13)21(19,20)15-11-10-12-4-2-1-3-5-12/h4,6-9,15H,1-3,5,10-11H2. The van der Waals surface area contributed by atoms with Crippen LogP contribution < -0.4 is 4.72 Å². The lowest BCUT2D eigenvalue weighted by Crippen LogP contribution is -2.25. The van der Waals surface area contributed by atoms with E-state index in [1.807, 2.05) is 0 Å². The molecule has 7 heteroatoms. The molecular formula is C14H18N2O4S. The molecule has 1 N–H and O–H groups in total. The molecule has 0 atom stereocenters. The van der Waals surface area contributed by atoms with Crippen LogP contribution in [0.4, 0.5) is 5.69 Å². The Hall–Kier alpha value is -1.73. The molecule has 0 spiro atoms. The summed E-state index contributed by atoms with van der Waals surface area (Å²) in [4.78, 5) is 10.0. The van der Waals surface area contributed by atoms with Gasteiger partial charge >= 0.3 is 0 Å². The van der Waals surface area contributed by atoms with Crippen LogP contribution >= 0.6 is 0 Å². The first kappa shape index (κ1) is 15.7. The van der Waals surface area contributed by atoms with Crippen LogP contribution in [0.25, 0.3) is 0 Å². The third-order valence-electron chi connectivity index (χ3n) is 3.48. The molecule has 0 aromatic heterocycles. The second kappa shape index (κ2) is 6.82. The van der Waals surface area contributed by atoms with Gasteiger partial charge in [-0.15, -0.1) is 0 Å². The number of benzene rings is 1. The highest BCUT2D eigenvalue weighted by Crippen LogP contribution is 2.20. The summed E-state index contributed by atoms with van der Waals surface area (Å²) in [6.45, 7) is 0.352. The van der Waals surface area contributed by atoms with Gasteiger partial charge in [-0.25, -0.2) is 13.1 Å². The van der Waals surface area contributed by atoms with Gasteiger partial charge in [0.1, 0.15) is 0 Å². The van der Waals surface area contributed by atoms with Gasteiger partial charge in [0.2, 0.25) is 10.0 Å². The molecule has 0 radical (unpaired) electrons. The Kier molecular flexibility index (Phi) is 5.08. The van der Waals surface area contributed by atoms with Crippen molar-refractivity contribution in [2.24, 2.45) is 0 Å². The maximum atomic E-state index is 12.1. The van der Waals surface area contributed by atoms with Crippen molar-refractivity contribution in [2.75, 3.05) is 6.54 Å². The van der Waals surface area contributed by atoms with Crippen molar-refractivity contribution in [3.05, 3.63) is 46.0 Å². The van der Waals surface area contributed by atoms with Crippen LogP contribution in [0.5, 0.6) is 0 Å². The molecule has 1 aliphatic rings. The molecule has 2 rings (SSSR count). The minimum atomic E-state index is -3.60. The summed E-state index contributed by atoms with van der Waals surface area (Å²) in [7, 11) is -3.60. The molecule has 0 fully saturated rings. The molecule has 1 aliphatic carbocycles. The second-order valence-corrected chi connectivity index (χ2v) is 6.77. The lowest BCUT2D eigenvalue weighted by atomic mass is 9.97. The fourth-order valence-electron chi connectivity index (χ4n) is 2.31. The fraction of sp³-hybridized carbons (Fsp3) is 0.429. The number of non-ortho nitro benzene ring substituents is 1. The molecule has 0 bridgehead atoms. The first-order chi connectivity index (χ1) is 9.99. The van der Waals surface area contributed by atoms with Crippen LogP contribution in [-0.2, 0) is 10.0 Å². The number of rotatable bonds is 6. The Balaban J connectivity index is 1.94. The molecule has 114 valence electrons. The SMILES string of the molecule is O=[N+]([O-])c1ccc(S(=O)(=O)NCCC2=CCCCC2)cc1. The maximum Gasteiger partial charge on any atom is 0.269 e. The number of sulfonamides is 1. The van der Waals surface area contributed by atoms with Gasteiger partial charge in [-0.1, -0.05) is 11.6 Å². The summed E-state index contributed by atoms with van der Waals surface area (Å²) < 4.78 is 26.6. The van der Waals surface area contributed by atoms with Gasteiger partial charge in [0.05, 0.1) is 9.82 Å². The number of nitro groups is 1. The van der Waals surface area contributed by atoms with Crippen molar-refractivity contribution in [1.29, 1.82) is 0 Å². The average molecular weight is 310 g/mol. The minimum Gasteiger partial charge on any atom is -0.258 e. The zero-order chi connectivity index (χ0) is 15.3. The Morgan fingerprint density at radius 1 is 1.19 bits per heavy atom. The zero-order valence-electron chi connectivity index (χ0n) is 11.6. The highest BCUT2D eigenvalue weighted by atomic mass is 32.2. The molecule has 0 saturated heterocycles. The van der Waals surface area contributed by atoms with E-state index in [0.717, 1.165) is 12.8 Å². The lowest BCUT2D eigenvalue weighted by molar-refractivity contribution is -0.384. The van der Waals surface area contributed by atoms with E-state index in [-0.39, 0.29) is 10.6 Å². The van der Waals surface area contributed by atoms with Crippen molar-refractivity contribution in [1.82, 2.24) is 4.72 Å². The fourth-order valence-corrected chi connectivity index (χ4v) is 3.34. The van der Waals surface area contributed by atoms with E-state index in [4.69, 9.17) is 0 Å². The molecule has 0 heterocycles. The quantitative estimate of drug-likeness (QED) is 0.497. The van der Waals surface area contributed by atoms with E-state index in [2.05, 4.69) is 10.8 Å². The van der Waals surface area contributed by atoms with Gasteiger partial charge < -0.3 is 0 Å². The van der Waals surface area contributed by atoms with Crippen LogP contribution in [0.1, 0.15) is 32.1 Å². The molecule has 1 aromatic rings. The molecule has 21 heavy (non-hydrogen) atoms. The van der Waals surface area contributed by atoms with Crippen molar-refractivity contribution in [3.8, 4) is 0 Å². The first-order valence-corrected chi connectivity index (χ1v) is 8.39. The van der Waals surface area contributed by atoms with E-state index >= 15 is 0 Å². The highest BCUT2D eigenvalue weighted by molar-refractivity contribution is 7.89. The second-order valence-electron chi connectivity index (χ2n) is 5.01. The average Bonchev–Trinajstić information content (AvgIpc) is 2.48. The number of nitrogens with zero attached hydrogens (tertiary/aromatic N) is 1. The molecule has 1 aromatic carbocycles. The number of hydrogen-bond acceptors (Lipinski definition) is 4. The van der Waals surface area contributed by atoms with Crippen LogP contribution in [0.2, 0.25) is 0 Å². The Bertz CT molecular complexity index is 635. The van der Waals surface area contributed by atoms with Gasteiger partial charge in [-0.05, 0) is 44.2 Å². The summed E-state index contributed by atoms with van der Waals surface area (Å²) in [6.07, 6.45) is 7.39. The summed E-state index contributed by atoms with van der Waals surface area (Å²) in [6, 6.07) is 4.89. The molecule has 0 aliphatic heterocycles. The monoisotopic (exact) mass is 310 g/mol. The smallest absolute Gasteiger partial charge is 0.258 e. The van der Waals surface area contributed by atoms with Crippen molar-refractivity contribution in [2.45, 2.75) is 37.0 Å². The van der Waals surface area contributed by atoms with Gasteiger partial charge in [-0.2, -0.15) is 0 Å². The molecule has 0 unspecified atom stereocenters. The van der Waals surface area contributed by atoms with E-state index < -0.39 is 14.9 Å². The van der Waals surface area contributed by atoms with Crippen LogP contribution in [0.3, 0.4) is 0 Å². The Labute approximate surface area is 124 Å². The molecule has 6 nitrogen and oxygen atoms in total. The Morgan fingerprint density at radius 2 is 1.90 bits per heavy atom. The van der Waals surface area contributed by atoms with Crippen molar-refractivity contribution < 1.29 is 13.3 Å².